The van der Waals surface area contributed by atoms with Crippen molar-refractivity contribution in [2.45, 2.75) is 18.4 Å². The zero-order valence-corrected chi connectivity index (χ0v) is 10.9. The van der Waals surface area contributed by atoms with Gasteiger partial charge in [-0.25, -0.2) is 5.48 Å². The van der Waals surface area contributed by atoms with Crippen molar-refractivity contribution < 1.29 is 24.6 Å². The van der Waals surface area contributed by atoms with E-state index in [1.807, 2.05) is 0 Å². The average Bonchev–Trinajstić information content (AvgIpc) is 2.77. The lowest BCUT2D eigenvalue weighted by atomic mass is 9.95. The first kappa shape index (κ1) is 14.4. The molecule has 4 N–H and O–H groups in total. The highest BCUT2D eigenvalue weighted by Gasteiger charge is 2.51. The molecule has 0 heterocycles. The van der Waals surface area contributed by atoms with Crippen molar-refractivity contribution in [2.24, 2.45) is 11.8 Å². The number of carbonyl (C=O) groups is 2. The minimum atomic E-state index is -0.915. The van der Waals surface area contributed by atoms with Gasteiger partial charge >= 0.3 is 0 Å². The first-order valence-electron chi connectivity index (χ1n) is 5.04. The fourth-order valence-corrected chi connectivity index (χ4v) is 2.53. The van der Waals surface area contributed by atoms with E-state index >= 15 is 0 Å². The van der Waals surface area contributed by atoms with Crippen LogP contribution in [0.1, 0.15) is 12.8 Å². The maximum Gasteiger partial charge on any atom is 0.247 e. The van der Waals surface area contributed by atoms with E-state index in [9.17, 15) is 14.7 Å². The first-order valence-corrected chi connectivity index (χ1v) is 5.83. The molecule has 0 radical (unpaired) electrons. The number of aliphatic hydroxyl groups is 1. The van der Waals surface area contributed by atoms with Crippen molar-refractivity contribution in [3.8, 4) is 0 Å². The second-order valence-electron chi connectivity index (χ2n) is 4.10. The Morgan fingerprint density at radius 1 is 1.41 bits per heavy atom. The van der Waals surface area contributed by atoms with Crippen LogP contribution in [0.4, 0.5) is 0 Å². The van der Waals surface area contributed by atoms with Crippen LogP contribution < -0.4 is 9.82 Å². The van der Waals surface area contributed by atoms with Gasteiger partial charge in [0.05, 0.1) is 24.0 Å². The molecule has 0 spiro atoms. The minimum absolute atomic E-state index is 0.178. The van der Waals surface area contributed by atoms with Crippen LogP contribution in [-0.2, 0) is 14.3 Å². The van der Waals surface area contributed by atoms with Crippen LogP contribution in [0, 0.1) is 11.8 Å². The zero-order valence-electron chi connectivity index (χ0n) is 9.27. The predicted molar refractivity (Wildman–Crippen MR) is 60.0 cm³/mol. The van der Waals surface area contributed by atoms with Gasteiger partial charge < -0.3 is 9.84 Å². The average molecular weight is 311 g/mol. The Morgan fingerprint density at radius 3 is 2.29 bits per heavy atom. The summed E-state index contributed by atoms with van der Waals surface area (Å²) >= 11 is 2.81. The van der Waals surface area contributed by atoms with E-state index in [0.717, 1.165) is 0 Å². The van der Waals surface area contributed by atoms with Gasteiger partial charge in [-0.15, -0.1) is 0 Å². The standard InChI is InChI=1S/C9H15BrN2O5/c1-17-9(4-13)2-5(7(14)11-10)6(3-9)8(15)12-16/h5-6,13,16H,2-4H2,1H3,(H,11,14)(H,12,15)/t5-,6-,9?/m0/s1. The second kappa shape index (κ2) is 5.76. The van der Waals surface area contributed by atoms with Gasteiger partial charge in [-0.1, -0.05) is 0 Å². The molecule has 2 amide bonds. The van der Waals surface area contributed by atoms with Gasteiger partial charge in [-0.05, 0) is 12.8 Å². The third-order valence-electron chi connectivity index (χ3n) is 3.27. The van der Waals surface area contributed by atoms with Crippen molar-refractivity contribution in [3.05, 3.63) is 0 Å². The highest BCUT2D eigenvalue weighted by atomic mass is 79.9. The molecule has 0 aromatic heterocycles. The van der Waals surface area contributed by atoms with Gasteiger partial charge in [-0.3, -0.25) is 19.1 Å². The highest BCUT2D eigenvalue weighted by molar-refractivity contribution is 9.08. The van der Waals surface area contributed by atoms with Gasteiger partial charge in [0.15, 0.2) is 0 Å². The summed E-state index contributed by atoms with van der Waals surface area (Å²) in [5.74, 6) is -2.43. The fraction of sp³-hybridized carbons (Fsp3) is 0.778. The van der Waals surface area contributed by atoms with Crippen LogP contribution >= 0.6 is 16.1 Å². The SMILES string of the molecule is COC1(CO)C[C@H](C(=O)NO)[C@@H](C(=O)NBr)C1. The van der Waals surface area contributed by atoms with E-state index in [4.69, 9.17) is 9.94 Å². The second-order valence-corrected chi connectivity index (χ2v) is 4.50. The Hall–Kier alpha value is -0.700. The molecule has 1 unspecified atom stereocenters. The van der Waals surface area contributed by atoms with E-state index in [2.05, 4.69) is 20.5 Å². The van der Waals surface area contributed by atoms with Crippen LogP contribution in [0.3, 0.4) is 0 Å². The molecule has 3 atom stereocenters. The summed E-state index contributed by atoms with van der Waals surface area (Å²) in [6, 6.07) is 0. The largest absolute Gasteiger partial charge is 0.393 e. The van der Waals surface area contributed by atoms with Crippen LogP contribution in [0.5, 0.6) is 0 Å². The highest BCUT2D eigenvalue weighted by Crippen LogP contribution is 2.41. The number of rotatable bonds is 4. The molecule has 0 aliphatic heterocycles. The number of nitrogens with one attached hydrogen (secondary N) is 2. The summed E-state index contributed by atoms with van der Waals surface area (Å²) in [5.41, 5.74) is 0.615. The molecule has 1 saturated carbocycles. The summed E-state index contributed by atoms with van der Waals surface area (Å²) in [7, 11) is 1.42. The van der Waals surface area contributed by atoms with E-state index in [1.165, 1.54) is 12.6 Å². The molecular formula is C9H15BrN2O5. The maximum absolute atomic E-state index is 11.6. The first-order chi connectivity index (χ1) is 8.03. The molecule has 7 nitrogen and oxygen atoms in total. The Labute approximate surface area is 107 Å². The van der Waals surface area contributed by atoms with Crippen molar-refractivity contribution >= 4 is 28.0 Å². The van der Waals surface area contributed by atoms with Gasteiger partial charge in [0, 0.05) is 23.3 Å². The number of methoxy groups -OCH3 is 1. The van der Waals surface area contributed by atoms with Crippen molar-refractivity contribution in [2.75, 3.05) is 13.7 Å². The van der Waals surface area contributed by atoms with Crippen molar-refractivity contribution in [1.29, 1.82) is 0 Å². The summed E-state index contributed by atoms with van der Waals surface area (Å²) in [4.78, 5) is 23.1. The third-order valence-corrected chi connectivity index (χ3v) is 3.66. The number of amides is 2. The molecule has 8 heteroatoms. The maximum atomic E-state index is 11.6. The van der Waals surface area contributed by atoms with E-state index in [-0.39, 0.29) is 25.4 Å². The molecule has 17 heavy (non-hydrogen) atoms. The van der Waals surface area contributed by atoms with Gasteiger partial charge in [0.2, 0.25) is 11.8 Å². The topological polar surface area (TPSA) is 108 Å². The molecule has 0 saturated heterocycles. The summed E-state index contributed by atoms with van der Waals surface area (Å²) in [6.45, 7) is -0.287. The monoisotopic (exact) mass is 310 g/mol. The smallest absolute Gasteiger partial charge is 0.247 e. The van der Waals surface area contributed by atoms with Gasteiger partial charge in [-0.2, -0.15) is 0 Å². The van der Waals surface area contributed by atoms with Crippen LogP contribution in [0.25, 0.3) is 0 Å². The normalized spacial score (nSPS) is 32.2. The number of halogens is 1. The van der Waals surface area contributed by atoms with Crippen LogP contribution in [-0.4, -0.2) is 41.4 Å². The molecule has 98 valence electrons. The third kappa shape index (κ3) is 2.76. The lowest BCUT2D eigenvalue weighted by Gasteiger charge is -2.24. The quantitative estimate of drug-likeness (QED) is 0.313. The molecule has 0 aromatic carbocycles. The number of carbonyl (C=O) groups excluding carboxylic acids is 2. The molecule has 1 aliphatic carbocycles. The van der Waals surface area contributed by atoms with Crippen LogP contribution in [0.15, 0.2) is 0 Å². The van der Waals surface area contributed by atoms with Crippen molar-refractivity contribution in [1.82, 2.24) is 9.82 Å². The van der Waals surface area contributed by atoms with Crippen molar-refractivity contribution in [3.63, 3.8) is 0 Å². The molecular weight excluding hydrogens is 296 g/mol. The lowest BCUT2D eigenvalue weighted by molar-refractivity contribution is -0.138. The van der Waals surface area contributed by atoms with Gasteiger partial charge in [0.25, 0.3) is 0 Å². The Kier molecular flexibility index (Phi) is 4.87. The van der Waals surface area contributed by atoms with E-state index in [1.54, 1.807) is 0 Å². The molecule has 1 fully saturated rings. The molecule has 1 aliphatic rings. The van der Waals surface area contributed by atoms with Gasteiger partial charge in [0.1, 0.15) is 0 Å². The van der Waals surface area contributed by atoms with Crippen LogP contribution in [0.2, 0.25) is 0 Å². The molecule has 0 aromatic rings. The Balaban J connectivity index is 2.93. The minimum Gasteiger partial charge on any atom is -0.393 e. The summed E-state index contributed by atoms with van der Waals surface area (Å²) in [6.07, 6.45) is 0.396. The fourth-order valence-electron chi connectivity index (χ4n) is 2.23. The van der Waals surface area contributed by atoms with E-state index in [0.29, 0.717) is 0 Å². The predicted octanol–water partition coefficient (Wildman–Crippen LogP) is -0.678. The Bertz CT molecular complexity index is 282. The molecule has 1 rings (SSSR count). The Morgan fingerprint density at radius 2 is 1.94 bits per heavy atom. The lowest BCUT2D eigenvalue weighted by Crippen LogP contribution is -2.36. The number of ether oxygens (including phenoxy) is 1. The molecule has 0 bridgehead atoms. The number of hydrogen-bond acceptors (Lipinski definition) is 5. The van der Waals surface area contributed by atoms with E-state index < -0.39 is 23.3 Å². The summed E-state index contributed by atoms with van der Waals surface area (Å²) in [5, 5.41) is 17.9. The summed E-state index contributed by atoms with van der Waals surface area (Å²) < 4.78 is 7.47. The number of hydroxylamine groups is 1. The number of aliphatic hydroxyl groups excluding tert-OH is 1. The number of hydrogen-bond donors (Lipinski definition) is 4. The zero-order chi connectivity index (χ0) is 13.1.